The van der Waals surface area contributed by atoms with Crippen LogP contribution in [0, 0.1) is 0 Å². The second-order valence-corrected chi connectivity index (χ2v) is 18.1. The van der Waals surface area contributed by atoms with Crippen LogP contribution < -0.4 is 10.9 Å². The van der Waals surface area contributed by atoms with Crippen LogP contribution in [0.1, 0.15) is 0 Å². The molecule has 0 amide bonds. The van der Waals surface area contributed by atoms with Crippen LogP contribution in [0.3, 0.4) is 0 Å². The fourth-order valence-corrected chi connectivity index (χ4v) is 28.3. The number of hydrogen-bond donors (Lipinski definition) is 0. The van der Waals surface area contributed by atoms with E-state index >= 15 is 0 Å². The third-order valence-electron chi connectivity index (χ3n) is 1.28. The predicted molar refractivity (Wildman–Crippen MR) is 22.9 cm³/mol. The summed E-state index contributed by atoms with van der Waals surface area (Å²) in [6.07, 6.45) is 0. The van der Waals surface area contributed by atoms with Crippen molar-refractivity contribution in [1.82, 2.24) is 0 Å². The molecular formula is C4Hg4S. The Hall–Kier alpha value is 3.44. The maximum absolute atomic E-state index is 2.17. The molecule has 1 aromatic rings. The van der Waals surface area contributed by atoms with Crippen molar-refractivity contribution in [2.45, 2.75) is 0 Å². The Morgan fingerprint density at radius 1 is 0.778 bits per heavy atom. The molecule has 9 heavy (non-hydrogen) atoms. The first-order valence-corrected chi connectivity index (χ1v) is 14.4. The molecule has 0 fully saturated rings. The van der Waals surface area contributed by atoms with Gasteiger partial charge in [-0.3, -0.25) is 0 Å². The van der Waals surface area contributed by atoms with E-state index in [4.69, 9.17) is 0 Å². The number of thiophene rings is 1. The molecule has 0 aliphatic carbocycles. The molecule has 0 spiro atoms. The maximum atomic E-state index is 2.17. The minimum atomic E-state index is 0.938. The van der Waals surface area contributed by atoms with E-state index in [1.54, 1.807) is 0 Å². The van der Waals surface area contributed by atoms with E-state index in [0.717, 1.165) is 104 Å². The van der Waals surface area contributed by atoms with Crippen molar-refractivity contribution in [3.8, 4) is 0 Å². The average molecular weight is 882 g/mol. The Balaban J connectivity index is 3.29. The number of hydrogen-bond acceptors (Lipinski definition) is 1. The minimum absolute atomic E-state index is 0.938. The first kappa shape index (κ1) is 10.5. The molecule has 1 aromatic heterocycles. The van der Waals surface area contributed by atoms with Gasteiger partial charge in [-0.15, -0.1) is 0 Å². The molecule has 0 radical (unpaired) electrons. The van der Waals surface area contributed by atoms with Gasteiger partial charge in [0.25, 0.3) is 0 Å². The van der Waals surface area contributed by atoms with Crippen LogP contribution in [-0.2, 0) is 104 Å². The zero-order chi connectivity index (χ0) is 7.02. The molecule has 0 atom stereocenters. The second-order valence-electron chi connectivity index (χ2n) is 1.91. The molecule has 1 heterocycles. The van der Waals surface area contributed by atoms with Gasteiger partial charge in [-0.25, -0.2) is 0 Å². The van der Waals surface area contributed by atoms with E-state index in [1.807, 2.05) is 10.9 Å². The Labute approximate surface area is 123 Å². The molecule has 0 bridgehead atoms. The van der Waals surface area contributed by atoms with Gasteiger partial charge in [0.2, 0.25) is 0 Å². The Morgan fingerprint density at radius 3 is 1.22 bits per heavy atom. The summed E-state index contributed by atoms with van der Waals surface area (Å²) in [5.74, 6) is 0. The molecule has 0 N–H and O–H groups in total. The molecular weight excluding hydrogens is 882 g/mol. The van der Waals surface area contributed by atoms with Gasteiger partial charge in [-0.05, 0) is 0 Å². The summed E-state index contributed by atoms with van der Waals surface area (Å²) in [6.45, 7) is 0. The molecule has 0 aliphatic heterocycles. The SMILES string of the molecule is [Hg][c]1s[c]([Hg])[c]([Hg])[c]1[Hg]. The van der Waals surface area contributed by atoms with Crippen molar-refractivity contribution in [2.24, 2.45) is 0 Å². The van der Waals surface area contributed by atoms with Crippen LogP contribution >= 0.6 is 11.3 Å². The van der Waals surface area contributed by atoms with E-state index in [-0.39, 0.29) is 0 Å². The molecule has 0 aliphatic rings. The van der Waals surface area contributed by atoms with Crippen LogP contribution in [0.4, 0.5) is 0 Å². The molecule has 5 heteroatoms. The van der Waals surface area contributed by atoms with E-state index in [0.29, 0.717) is 0 Å². The van der Waals surface area contributed by atoms with E-state index < -0.39 is 0 Å². The topological polar surface area (TPSA) is 0 Å². The van der Waals surface area contributed by atoms with Crippen molar-refractivity contribution in [1.29, 1.82) is 0 Å². The fraction of sp³-hybridized carbons (Fsp3) is 0. The van der Waals surface area contributed by atoms with Crippen LogP contribution in [0.5, 0.6) is 0 Å². The molecule has 0 saturated carbocycles. The Morgan fingerprint density at radius 2 is 1.11 bits per heavy atom. The first-order chi connectivity index (χ1) is 4.13. The van der Waals surface area contributed by atoms with Crippen molar-refractivity contribution >= 4 is 22.3 Å². The molecule has 0 aromatic carbocycles. The fourth-order valence-electron chi connectivity index (χ4n) is 0.609. The summed E-state index contributed by atoms with van der Waals surface area (Å²) in [6, 6.07) is 0. The van der Waals surface area contributed by atoms with Gasteiger partial charge in [0, 0.05) is 0 Å². The predicted octanol–water partition coefficient (Wildman–Crippen LogP) is -1.56. The zero-order valence-electron chi connectivity index (χ0n) is 5.24. The summed E-state index contributed by atoms with van der Waals surface area (Å²) in [7, 11) is 0. The third-order valence-corrected chi connectivity index (χ3v) is 40.3. The standard InChI is InChI=1S/C4S.4Hg/c1-2-4-5-3-1;;;;. The number of rotatable bonds is 0. The Bertz CT molecular complexity index is 206. The molecule has 1 rings (SSSR count). The van der Waals surface area contributed by atoms with Crippen LogP contribution in [0.25, 0.3) is 0 Å². The summed E-state index contributed by atoms with van der Waals surface area (Å²) in [5.41, 5.74) is 0. The summed E-state index contributed by atoms with van der Waals surface area (Å²) in [5, 5.41) is 0. The average Bonchev–Trinajstić information content (AvgIpc) is 1.98. The van der Waals surface area contributed by atoms with Gasteiger partial charge < -0.3 is 0 Å². The van der Waals surface area contributed by atoms with Gasteiger partial charge in [-0.2, -0.15) is 0 Å². The van der Waals surface area contributed by atoms with Crippen molar-refractivity contribution in [2.75, 3.05) is 0 Å². The van der Waals surface area contributed by atoms with Gasteiger partial charge in [0.15, 0.2) is 0 Å². The van der Waals surface area contributed by atoms with E-state index in [1.165, 1.54) is 0 Å². The van der Waals surface area contributed by atoms with Gasteiger partial charge in [0.05, 0.1) is 0 Å². The van der Waals surface area contributed by atoms with Crippen LogP contribution in [0.2, 0.25) is 0 Å². The summed E-state index contributed by atoms with van der Waals surface area (Å²) in [4.78, 5) is 0. The molecule has 0 unspecified atom stereocenters. The first-order valence-electron chi connectivity index (χ1n) is 2.57. The van der Waals surface area contributed by atoms with Crippen molar-refractivity contribution in [3.05, 3.63) is 0 Å². The third kappa shape index (κ3) is 2.70. The van der Waals surface area contributed by atoms with E-state index in [9.17, 15) is 0 Å². The van der Waals surface area contributed by atoms with Gasteiger partial charge in [-0.1, -0.05) is 0 Å². The molecule has 0 saturated heterocycles. The molecule has 0 nitrogen and oxygen atoms in total. The van der Waals surface area contributed by atoms with Crippen molar-refractivity contribution in [3.63, 3.8) is 0 Å². The monoisotopic (exact) mass is 888 g/mol. The van der Waals surface area contributed by atoms with E-state index in [2.05, 4.69) is 11.3 Å². The molecule has 30 valence electrons. The van der Waals surface area contributed by atoms with Crippen LogP contribution in [-0.4, -0.2) is 0 Å². The normalized spacial score (nSPS) is 10.7. The summed E-state index contributed by atoms with van der Waals surface area (Å²) < 4.78 is 7.45. The quantitative estimate of drug-likeness (QED) is 0.277. The van der Waals surface area contributed by atoms with Crippen molar-refractivity contribution < 1.29 is 104 Å². The zero-order valence-corrected chi connectivity index (χ0v) is 28.0. The summed E-state index contributed by atoms with van der Waals surface area (Å²) >= 11 is 5.94. The van der Waals surface area contributed by atoms with Gasteiger partial charge >= 0.3 is 127 Å². The van der Waals surface area contributed by atoms with Gasteiger partial charge in [0.1, 0.15) is 0 Å². The van der Waals surface area contributed by atoms with Crippen LogP contribution in [0.15, 0.2) is 0 Å². The second kappa shape index (κ2) is 4.61. The Kier molecular flexibility index (Phi) is 5.39.